The SMILES string of the molecule is CCOC(=O)CCc1c(OC)ccnc1C(=O)O. The minimum atomic E-state index is -1.15. The molecule has 0 atom stereocenters. The van der Waals surface area contributed by atoms with E-state index in [2.05, 4.69) is 4.98 Å². The maximum Gasteiger partial charge on any atom is 0.354 e. The zero-order valence-electron chi connectivity index (χ0n) is 10.3. The van der Waals surface area contributed by atoms with E-state index in [1.807, 2.05) is 0 Å². The standard InChI is InChI=1S/C12H15NO5/c1-3-18-10(14)5-4-8-9(17-2)6-7-13-11(8)12(15)16/h6-7H,3-5H2,1-2H3,(H,15,16). The molecule has 0 saturated carbocycles. The van der Waals surface area contributed by atoms with Crippen molar-refractivity contribution in [1.29, 1.82) is 0 Å². The fourth-order valence-corrected chi connectivity index (χ4v) is 1.55. The van der Waals surface area contributed by atoms with Crippen molar-refractivity contribution in [1.82, 2.24) is 4.98 Å². The molecule has 0 aliphatic heterocycles. The average molecular weight is 253 g/mol. The molecule has 1 N–H and O–H groups in total. The molecule has 18 heavy (non-hydrogen) atoms. The summed E-state index contributed by atoms with van der Waals surface area (Å²) < 4.78 is 9.86. The number of aromatic carboxylic acids is 1. The smallest absolute Gasteiger partial charge is 0.354 e. The van der Waals surface area contributed by atoms with E-state index in [0.29, 0.717) is 17.9 Å². The molecule has 1 aromatic heterocycles. The van der Waals surface area contributed by atoms with Crippen LogP contribution in [0.15, 0.2) is 12.3 Å². The van der Waals surface area contributed by atoms with Gasteiger partial charge in [0.15, 0.2) is 5.69 Å². The molecule has 0 amide bonds. The van der Waals surface area contributed by atoms with Gasteiger partial charge in [-0.2, -0.15) is 0 Å². The summed E-state index contributed by atoms with van der Waals surface area (Å²) in [6, 6.07) is 1.56. The highest BCUT2D eigenvalue weighted by molar-refractivity contribution is 5.88. The van der Waals surface area contributed by atoms with Gasteiger partial charge in [0.25, 0.3) is 0 Å². The molecular formula is C12H15NO5. The number of nitrogens with zero attached hydrogens (tertiary/aromatic N) is 1. The molecular weight excluding hydrogens is 238 g/mol. The number of esters is 1. The third-order valence-electron chi connectivity index (χ3n) is 2.32. The summed E-state index contributed by atoms with van der Waals surface area (Å²) in [5, 5.41) is 9.02. The van der Waals surface area contributed by atoms with Gasteiger partial charge in [0.1, 0.15) is 5.75 Å². The number of rotatable bonds is 6. The van der Waals surface area contributed by atoms with Crippen molar-refractivity contribution in [2.75, 3.05) is 13.7 Å². The highest BCUT2D eigenvalue weighted by Gasteiger charge is 2.17. The number of methoxy groups -OCH3 is 1. The van der Waals surface area contributed by atoms with Gasteiger partial charge in [0.2, 0.25) is 0 Å². The monoisotopic (exact) mass is 253 g/mol. The van der Waals surface area contributed by atoms with E-state index >= 15 is 0 Å². The molecule has 0 unspecified atom stereocenters. The molecule has 0 saturated heterocycles. The van der Waals surface area contributed by atoms with Crippen molar-refractivity contribution in [3.8, 4) is 5.75 Å². The molecule has 6 nitrogen and oxygen atoms in total. The molecule has 0 fully saturated rings. The minimum Gasteiger partial charge on any atom is -0.496 e. The lowest BCUT2D eigenvalue weighted by atomic mass is 10.1. The average Bonchev–Trinajstić information content (AvgIpc) is 2.36. The fraction of sp³-hybridized carbons (Fsp3) is 0.417. The van der Waals surface area contributed by atoms with Crippen LogP contribution in [0.1, 0.15) is 29.4 Å². The van der Waals surface area contributed by atoms with Crippen LogP contribution >= 0.6 is 0 Å². The molecule has 0 aliphatic rings. The first-order chi connectivity index (χ1) is 8.60. The summed E-state index contributed by atoms with van der Waals surface area (Å²) in [5.41, 5.74) is 0.305. The Kier molecular flexibility index (Phi) is 5.10. The Morgan fingerprint density at radius 3 is 2.72 bits per heavy atom. The van der Waals surface area contributed by atoms with Crippen LogP contribution < -0.4 is 4.74 Å². The number of carbonyl (C=O) groups excluding carboxylic acids is 1. The molecule has 0 aromatic carbocycles. The fourth-order valence-electron chi connectivity index (χ4n) is 1.55. The van der Waals surface area contributed by atoms with E-state index in [1.165, 1.54) is 13.3 Å². The van der Waals surface area contributed by atoms with E-state index in [1.54, 1.807) is 13.0 Å². The first kappa shape index (κ1) is 14.0. The Bertz CT molecular complexity index is 444. The number of hydrogen-bond acceptors (Lipinski definition) is 5. The quantitative estimate of drug-likeness (QED) is 0.769. The van der Waals surface area contributed by atoms with Crippen LogP contribution in [-0.4, -0.2) is 35.7 Å². The molecule has 1 rings (SSSR count). The van der Waals surface area contributed by atoms with E-state index in [-0.39, 0.29) is 24.5 Å². The summed E-state index contributed by atoms with van der Waals surface area (Å²) in [5.74, 6) is -1.11. The number of carboxylic acids is 1. The van der Waals surface area contributed by atoms with E-state index in [9.17, 15) is 9.59 Å². The van der Waals surface area contributed by atoms with Crippen LogP contribution in [0, 0.1) is 0 Å². The second-order valence-corrected chi connectivity index (χ2v) is 3.45. The lowest BCUT2D eigenvalue weighted by molar-refractivity contribution is -0.143. The number of carbonyl (C=O) groups is 2. The maximum atomic E-state index is 11.3. The highest BCUT2D eigenvalue weighted by Crippen LogP contribution is 2.22. The molecule has 0 aliphatic carbocycles. The van der Waals surface area contributed by atoms with Crippen molar-refractivity contribution in [3.05, 3.63) is 23.5 Å². The summed E-state index contributed by atoms with van der Waals surface area (Å²) in [6.07, 6.45) is 1.67. The third kappa shape index (κ3) is 3.44. The maximum absolute atomic E-state index is 11.3. The van der Waals surface area contributed by atoms with Gasteiger partial charge in [-0.1, -0.05) is 0 Å². The van der Waals surface area contributed by atoms with Crippen LogP contribution in [-0.2, 0) is 16.0 Å². The lowest BCUT2D eigenvalue weighted by Gasteiger charge is -2.10. The van der Waals surface area contributed by atoms with Gasteiger partial charge in [-0.25, -0.2) is 9.78 Å². The number of pyridine rings is 1. The molecule has 98 valence electrons. The van der Waals surface area contributed by atoms with Gasteiger partial charge in [0.05, 0.1) is 13.7 Å². The van der Waals surface area contributed by atoms with Crippen LogP contribution in [0.2, 0.25) is 0 Å². The minimum absolute atomic E-state index is 0.0934. The van der Waals surface area contributed by atoms with Crippen molar-refractivity contribution < 1.29 is 24.2 Å². The van der Waals surface area contributed by atoms with E-state index in [0.717, 1.165) is 0 Å². The van der Waals surface area contributed by atoms with Crippen LogP contribution in [0.3, 0.4) is 0 Å². The molecule has 0 spiro atoms. The Hall–Kier alpha value is -2.11. The second-order valence-electron chi connectivity index (χ2n) is 3.45. The van der Waals surface area contributed by atoms with E-state index in [4.69, 9.17) is 14.6 Å². The topological polar surface area (TPSA) is 85.7 Å². The zero-order chi connectivity index (χ0) is 13.5. The van der Waals surface area contributed by atoms with Crippen molar-refractivity contribution in [2.24, 2.45) is 0 Å². The normalized spacial score (nSPS) is 9.89. The van der Waals surface area contributed by atoms with Crippen molar-refractivity contribution in [2.45, 2.75) is 19.8 Å². The van der Waals surface area contributed by atoms with Gasteiger partial charge in [-0.05, 0) is 19.4 Å². The molecule has 1 heterocycles. The van der Waals surface area contributed by atoms with Gasteiger partial charge in [0, 0.05) is 18.2 Å². The molecule has 6 heteroatoms. The Balaban J connectivity index is 2.91. The molecule has 1 aromatic rings. The van der Waals surface area contributed by atoms with Crippen molar-refractivity contribution >= 4 is 11.9 Å². The van der Waals surface area contributed by atoms with Gasteiger partial charge < -0.3 is 14.6 Å². The molecule has 0 radical (unpaired) electrons. The van der Waals surface area contributed by atoms with Crippen LogP contribution in [0.5, 0.6) is 5.75 Å². The Morgan fingerprint density at radius 1 is 1.44 bits per heavy atom. The number of hydrogen-bond donors (Lipinski definition) is 1. The second kappa shape index (κ2) is 6.58. The van der Waals surface area contributed by atoms with Gasteiger partial charge in [-0.15, -0.1) is 0 Å². The van der Waals surface area contributed by atoms with Gasteiger partial charge in [-0.3, -0.25) is 4.79 Å². The largest absolute Gasteiger partial charge is 0.496 e. The summed E-state index contributed by atoms with van der Waals surface area (Å²) in [7, 11) is 1.44. The highest BCUT2D eigenvalue weighted by atomic mass is 16.5. The number of ether oxygens (including phenoxy) is 2. The first-order valence-corrected chi connectivity index (χ1v) is 5.51. The first-order valence-electron chi connectivity index (χ1n) is 5.51. The number of carboxylic acid groups (broad SMARTS) is 1. The summed E-state index contributed by atoms with van der Waals surface area (Å²) in [4.78, 5) is 26.1. The lowest BCUT2D eigenvalue weighted by Crippen LogP contribution is -2.11. The van der Waals surface area contributed by atoms with Crippen LogP contribution in [0.4, 0.5) is 0 Å². The summed E-state index contributed by atoms with van der Waals surface area (Å²) in [6.45, 7) is 2.01. The third-order valence-corrected chi connectivity index (χ3v) is 2.32. The molecule has 0 bridgehead atoms. The Morgan fingerprint density at radius 2 is 2.17 bits per heavy atom. The predicted molar refractivity (Wildman–Crippen MR) is 62.7 cm³/mol. The predicted octanol–water partition coefficient (Wildman–Crippen LogP) is 1.28. The van der Waals surface area contributed by atoms with Gasteiger partial charge >= 0.3 is 11.9 Å². The van der Waals surface area contributed by atoms with Crippen LogP contribution in [0.25, 0.3) is 0 Å². The van der Waals surface area contributed by atoms with E-state index < -0.39 is 5.97 Å². The Labute approximate surface area is 105 Å². The number of aromatic nitrogens is 1. The summed E-state index contributed by atoms with van der Waals surface area (Å²) >= 11 is 0. The van der Waals surface area contributed by atoms with Crippen molar-refractivity contribution in [3.63, 3.8) is 0 Å². The zero-order valence-corrected chi connectivity index (χ0v) is 10.3.